The normalized spacial score (nSPS) is 15.5. The highest BCUT2D eigenvalue weighted by atomic mass is 15.1. The van der Waals surface area contributed by atoms with Gasteiger partial charge in [0.25, 0.3) is 0 Å². The molecule has 1 saturated heterocycles. The summed E-state index contributed by atoms with van der Waals surface area (Å²) in [5, 5.41) is 10.1. The second-order valence-electron chi connectivity index (χ2n) is 7.38. The van der Waals surface area contributed by atoms with Gasteiger partial charge in [-0.3, -0.25) is 0 Å². The number of anilines is 1. The van der Waals surface area contributed by atoms with Gasteiger partial charge in [0, 0.05) is 37.4 Å². The minimum absolute atomic E-state index is 0.485. The molecule has 30 heavy (non-hydrogen) atoms. The first kappa shape index (κ1) is 19.9. The summed E-state index contributed by atoms with van der Waals surface area (Å²) in [4.78, 5) is 9.31. The largest absolute Gasteiger partial charge is 0.368 e. The molecule has 1 aliphatic rings. The van der Waals surface area contributed by atoms with Crippen LogP contribution in [0.2, 0.25) is 0 Å². The number of pyridine rings is 1. The van der Waals surface area contributed by atoms with E-state index in [1.165, 1.54) is 11.1 Å². The summed E-state index contributed by atoms with van der Waals surface area (Å²) < 4.78 is 0. The molecule has 4 rings (SSSR count). The van der Waals surface area contributed by atoms with E-state index >= 15 is 0 Å². The van der Waals surface area contributed by atoms with Gasteiger partial charge in [-0.1, -0.05) is 67.2 Å². The van der Waals surface area contributed by atoms with Crippen molar-refractivity contribution in [3.63, 3.8) is 0 Å². The van der Waals surface area contributed by atoms with Crippen LogP contribution >= 0.6 is 0 Å². The highest BCUT2D eigenvalue weighted by molar-refractivity contribution is 6.02. The van der Waals surface area contributed by atoms with E-state index < -0.39 is 0 Å². The van der Waals surface area contributed by atoms with Crippen molar-refractivity contribution in [2.24, 2.45) is 4.99 Å². The van der Waals surface area contributed by atoms with E-state index in [4.69, 9.17) is 4.99 Å². The molecule has 1 atom stereocenters. The second kappa shape index (κ2) is 9.37. The number of hydrogen-bond acceptors (Lipinski definition) is 4. The third-order valence-electron chi connectivity index (χ3n) is 5.07. The smallest absolute Gasteiger partial charge is 0.134 e. The van der Waals surface area contributed by atoms with Crippen LogP contribution < -0.4 is 16.0 Å². The average molecular weight is 398 g/mol. The summed E-state index contributed by atoms with van der Waals surface area (Å²) in [6, 6.07) is 22.9. The van der Waals surface area contributed by atoms with Crippen LogP contribution in [0, 0.1) is 6.92 Å². The molecule has 1 unspecified atom stereocenters. The van der Waals surface area contributed by atoms with Gasteiger partial charge in [0.05, 0.1) is 5.70 Å². The minimum Gasteiger partial charge on any atom is -0.368 e. The van der Waals surface area contributed by atoms with Crippen molar-refractivity contribution in [2.45, 2.75) is 13.0 Å². The summed E-state index contributed by atoms with van der Waals surface area (Å²) in [6.07, 6.45) is 1.94. The van der Waals surface area contributed by atoms with Crippen molar-refractivity contribution < 1.29 is 0 Å². The Hall–Kier alpha value is -3.44. The molecule has 0 amide bonds. The van der Waals surface area contributed by atoms with Gasteiger partial charge >= 0.3 is 0 Å². The van der Waals surface area contributed by atoms with Gasteiger partial charge in [-0.15, -0.1) is 0 Å². The van der Waals surface area contributed by atoms with Gasteiger partial charge in [0.2, 0.25) is 0 Å². The lowest BCUT2D eigenvalue weighted by Crippen LogP contribution is -2.30. The Kier molecular flexibility index (Phi) is 6.20. The predicted octanol–water partition coefficient (Wildman–Crippen LogP) is 4.15. The van der Waals surface area contributed by atoms with Crippen LogP contribution in [0.25, 0.3) is 5.70 Å². The van der Waals surface area contributed by atoms with Crippen LogP contribution in [0.15, 0.2) is 84.5 Å². The summed E-state index contributed by atoms with van der Waals surface area (Å²) in [5.74, 6) is 1.70. The van der Waals surface area contributed by atoms with Crippen molar-refractivity contribution in [1.29, 1.82) is 0 Å². The van der Waals surface area contributed by atoms with Crippen molar-refractivity contribution in [3.8, 4) is 0 Å². The number of aromatic nitrogens is 1. The zero-order chi connectivity index (χ0) is 20.8. The summed E-state index contributed by atoms with van der Waals surface area (Å²) in [5.41, 5.74) is 5.24. The Balaban J connectivity index is 1.41. The monoisotopic (exact) mass is 397 g/mol. The topological polar surface area (TPSA) is 71.2 Å². The molecule has 0 spiro atoms. The van der Waals surface area contributed by atoms with Crippen molar-refractivity contribution >= 4 is 17.4 Å². The maximum Gasteiger partial charge on any atom is 0.134 e. The molecule has 3 aromatic rings. The molecule has 0 radical (unpaired) electrons. The third kappa shape index (κ3) is 5.13. The van der Waals surface area contributed by atoms with Crippen LogP contribution in [0.4, 0.5) is 5.82 Å². The van der Waals surface area contributed by atoms with Crippen LogP contribution in [-0.2, 0) is 0 Å². The zero-order valence-electron chi connectivity index (χ0n) is 17.2. The highest BCUT2D eigenvalue weighted by Gasteiger charge is 2.22. The molecule has 5 heteroatoms. The summed E-state index contributed by atoms with van der Waals surface area (Å²) in [7, 11) is 0. The first-order valence-electron chi connectivity index (χ1n) is 10.3. The number of amidine groups is 1. The molecule has 152 valence electrons. The van der Waals surface area contributed by atoms with Gasteiger partial charge in [-0.25, -0.2) is 9.98 Å². The third-order valence-corrected chi connectivity index (χ3v) is 5.07. The van der Waals surface area contributed by atoms with E-state index in [2.05, 4.69) is 52.6 Å². The number of aryl methyl sites for hydroxylation is 1. The Labute approximate surface area is 178 Å². The molecular formula is C25H27N5. The fourth-order valence-electron chi connectivity index (χ4n) is 3.25. The van der Waals surface area contributed by atoms with E-state index in [0.717, 1.165) is 41.6 Å². The van der Waals surface area contributed by atoms with Crippen LogP contribution in [0.5, 0.6) is 0 Å². The number of hydrogen-bond donors (Lipinski definition) is 3. The van der Waals surface area contributed by atoms with Gasteiger partial charge in [0.15, 0.2) is 0 Å². The molecule has 5 nitrogen and oxygen atoms in total. The molecule has 2 heterocycles. The van der Waals surface area contributed by atoms with Crippen LogP contribution in [0.3, 0.4) is 0 Å². The fourth-order valence-corrected chi connectivity index (χ4v) is 3.25. The number of rotatable bonds is 8. The first-order valence-corrected chi connectivity index (χ1v) is 10.3. The average Bonchev–Trinajstić information content (AvgIpc) is 3.63. The molecule has 1 fully saturated rings. The van der Waals surface area contributed by atoms with Crippen LogP contribution in [0.1, 0.15) is 28.3 Å². The molecule has 1 aliphatic heterocycles. The van der Waals surface area contributed by atoms with Crippen molar-refractivity contribution in [2.75, 3.05) is 25.0 Å². The fraction of sp³-hybridized carbons (Fsp3) is 0.200. The lowest BCUT2D eigenvalue weighted by molar-refractivity contribution is 0.900. The Morgan fingerprint density at radius 3 is 2.53 bits per heavy atom. The van der Waals surface area contributed by atoms with Gasteiger partial charge in [-0.05, 0) is 29.7 Å². The lowest BCUT2D eigenvalue weighted by atomic mass is 10.1. The highest BCUT2D eigenvalue weighted by Crippen LogP contribution is 2.21. The Morgan fingerprint density at radius 1 is 1.07 bits per heavy atom. The number of nitrogens with one attached hydrogen (secondary N) is 3. The van der Waals surface area contributed by atoms with Gasteiger partial charge in [-0.2, -0.15) is 0 Å². The van der Waals surface area contributed by atoms with Crippen molar-refractivity contribution in [1.82, 2.24) is 15.6 Å². The molecule has 2 aromatic carbocycles. The maximum absolute atomic E-state index is 4.82. The minimum atomic E-state index is 0.485. The SMILES string of the molecule is C=C(/N=C(/NCCNc1ccc(C2CN2)cn1)c1ccccc1C)c1ccccc1. The number of aliphatic imine (C=N–C) groups is 1. The van der Waals surface area contributed by atoms with Crippen LogP contribution in [-0.4, -0.2) is 30.5 Å². The molecule has 0 saturated carbocycles. The Bertz CT molecular complexity index is 1020. The van der Waals surface area contributed by atoms with E-state index in [1.54, 1.807) is 0 Å². The molecule has 0 bridgehead atoms. The van der Waals surface area contributed by atoms with Crippen molar-refractivity contribution in [3.05, 3.63) is 102 Å². The van der Waals surface area contributed by atoms with E-state index in [9.17, 15) is 0 Å². The zero-order valence-corrected chi connectivity index (χ0v) is 17.2. The Morgan fingerprint density at radius 2 is 1.83 bits per heavy atom. The van der Waals surface area contributed by atoms with Gasteiger partial charge < -0.3 is 16.0 Å². The summed E-state index contributed by atoms with van der Waals surface area (Å²) >= 11 is 0. The molecule has 3 N–H and O–H groups in total. The quantitative estimate of drug-likeness (QED) is 0.231. The maximum atomic E-state index is 4.82. The van der Waals surface area contributed by atoms with E-state index in [1.807, 2.05) is 54.7 Å². The lowest BCUT2D eigenvalue weighted by Gasteiger charge is -2.14. The molecular weight excluding hydrogens is 370 g/mol. The van der Waals surface area contributed by atoms with E-state index in [-0.39, 0.29) is 0 Å². The molecule has 0 aliphatic carbocycles. The number of nitrogens with zero attached hydrogens (tertiary/aromatic N) is 2. The number of benzene rings is 2. The molecule has 1 aromatic heterocycles. The summed E-state index contributed by atoms with van der Waals surface area (Å²) in [6.45, 7) is 8.75. The van der Waals surface area contributed by atoms with Gasteiger partial charge in [0.1, 0.15) is 11.7 Å². The predicted molar refractivity (Wildman–Crippen MR) is 125 cm³/mol. The second-order valence-corrected chi connectivity index (χ2v) is 7.38. The standard InChI is InChI=1S/C25H27N5/c1-18-8-6-7-11-22(18)25(30-19(2)20-9-4-3-5-10-20)27-15-14-26-24-13-12-21(16-29-24)23-17-28-23/h3-13,16,23,28H,2,14-15,17H2,1H3,(H,26,29)(H,27,30). The first-order chi connectivity index (χ1) is 14.7. The van der Waals surface area contributed by atoms with E-state index in [0.29, 0.717) is 12.6 Å².